The zero-order chi connectivity index (χ0) is 11.0. The van der Waals surface area contributed by atoms with Crippen molar-refractivity contribution >= 4 is 11.8 Å². The summed E-state index contributed by atoms with van der Waals surface area (Å²) in [6, 6.07) is -0.442. The molecule has 1 saturated heterocycles. The number of hydrogen-bond donors (Lipinski definition) is 0. The third-order valence-electron chi connectivity index (χ3n) is 2.38. The quantitative estimate of drug-likeness (QED) is 0.624. The number of amides is 2. The largest absolute Gasteiger partial charge is 0.324 e. The maximum atomic E-state index is 11.9. The molecule has 80 valence electrons. The van der Waals surface area contributed by atoms with Crippen molar-refractivity contribution in [2.75, 3.05) is 14.1 Å². The second-order valence-corrected chi connectivity index (χ2v) is 3.62. The number of carbonyl (C=O) groups excluding carboxylic acids is 2. The van der Waals surface area contributed by atoms with Gasteiger partial charge in [-0.3, -0.25) is 9.59 Å². The smallest absolute Gasteiger partial charge is 0.267 e. The number of imide groups is 1. The van der Waals surface area contributed by atoms with E-state index >= 15 is 0 Å². The van der Waals surface area contributed by atoms with Crippen LogP contribution < -0.4 is 0 Å². The Labute approximate surface area is 87.1 Å². The van der Waals surface area contributed by atoms with Gasteiger partial charge < -0.3 is 4.57 Å². The first kappa shape index (κ1) is 9.85. The van der Waals surface area contributed by atoms with Crippen molar-refractivity contribution < 1.29 is 9.59 Å². The lowest BCUT2D eigenvalue weighted by Crippen LogP contribution is -2.41. The van der Waals surface area contributed by atoms with Crippen LogP contribution in [-0.2, 0) is 9.59 Å². The van der Waals surface area contributed by atoms with Gasteiger partial charge in [-0.15, -0.1) is 0 Å². The molecule has 0 N–H and O–H groups in total. The van der Waals surface area contributed by atoms with Crippen molar-refractivity contribution in [1.29, 1.82) is 0 Å². The molecule has 2 heterocycles. The van der Waals surface area contributed by atoms with E-state index in [4.69, 9.17) is 0 Å². The molecule has 2 rings (SSSR count). The van der Waals surface area contributed by atoms with Crippen LogP contribution in [-0.4, -0.2) is 45.5 Å². The summed E-state index contributed by atoms with van der Waals surface area (Å²) in [6.45, 7) is 0. The first-order chi connectivity index (χ1) is 7.11. The van der Waals surface area contributed by atoms with E-state index < -0.39 is 6.04 Å². The minimum absolute atomic E-state index is 0.177. The lowest BCUT2D eigenvalue weighted by Gasteiger charge is -2.21. The average molecular weight is 208 g/mol. The topological polar surface area (TPSA) is 58.4 Å². The molecule has 2 amide bonds. The summed E-state index contributed by atoms with van der Waals surface area (Å²) >= 11 is 0. The van der Waals surface area contributed by atoms with E-state index in [1.54, 1.807) is 37.4 Å². The van der Waals surface area contributed by atoms with E-state index in [1.165, 1.54) is 5.01 Å². The average Bonchev–Trinajstić information content (AvgIpc) is 2.72. The number of rotatable bonds is 2. The maximum Gasteiger partial charge on any atom is 0.267 e. The van der Waals surface area contributed by atoms with Gasteiger partial charge in [0.05, 0.1) is 12.7 Å². The lowest BCUT2D eigenvalue weighted by molar-refractivity contribution is -0.153. The molecule has 0 saturated carbocycles. The normalized spacial score (nSPS) is 21.8. The van der Waals surface area contributed by atoms with Crippen LogP contribution in [0.4, 0.5) is 0 Å². The predicted molar refractivity (Wildman–Crippen MR) is 51.4 cm³/mol. The van der Waals surface area contributed by atoms with Crippen LogP contribution in [0.2, 0.25) is 0 Å². The van der Waals surface area contributed by atoms with Crippen molar-refractivity contribution in [3.63, 3.8) is 0 Å². The van der Waals surface area contributed by atoms with Gasteiger partial charge in [-0.25, -0.2) is 15.0 Å². The van der Waals surface area contributed by atoms with Crippen molar-refractivity contribution in [1.82, 2.24) is 19.6 Å². The Morgan fingerprint density at radius 2 is 2.20 bits per heavy atom. The van der Waals surface area contributed by atoms with Gasteiger partial charge in [-0.05, 0) is 0 Å². The summed E-state index contributed by atoms with van der Waals surface area (Å²) < 4.78 is 1.66. The van der Waals surface area contributed by atoms with E-state index in [0.717, 1.165) is 5.01 Å². The van der Waals surface area contributed by atoms with Gasteiger partial charge in [0.1, 0.15) is 6.04 Å². The summed E-state index contributed by atoms with van der Waals surface area (Å²) in [5, 5.41) is 2.66. The first-order valence-corrected chi connectivity index (χ1v) is 4.62. The molecule has 0 radical (unpaired) electrons. The Hall–Kier alpha value is -1.69. The van der Waals surface area contributed by atoms with Crippen molar-refractivity contribution in [3.8, 4) is 0 Å². The third kappa shape index (κ3) is 1.52. The highest BCUT2D eigenvalue weighted by atomic mass is 16.2. The highest BCUT2D eigenvalue weighted by Crippen LogP contribution is 2.24. The van der Waals surface area contributed by atoms with Gasteiger partial charge in [0.25, 0.3) is 5.91 Å². The number of aromatic nitrogens is 2. The third-order valence-corrected chi connectivity index (χ3v) is 2.38. The fourth-order valence-corrected chi connectivity index (χ4v) is 1.71. The Morgan fingerprint density at radius 3 is 2.67 bits per heavy atom. The minimum Gasteiger partial charge on any atom is -0.324 e. The number of carbonyl (C=O) groups is 2. The second kappa shape index (κ2) is 3.47. The molecule has 0 spiro atoms. The van der Waals surface area contributed by atoms with Crippen LogP contribution >= 0.6 is 0 Å². The molecule has 0 aliphatic carbocycles. The van der Waals surface area contributed by atoms with Crippen molar-refractivity contribution in [3.05, 3.63) is 18.7 Å². The van der Waals surface area contributed by atoms with Gasteiger partial charge in [0.2, 0.25) is 5.91 Å². The standard InChI is InChI=1S/C9H12N4O2/c1-11(2)13-8(14)5-7(9(13)15)12-4-3-10-6-12/h3-4,6-7H,5H2,1-2H3. The summed E-state index contributed by atoms with van der Waals surface area (Å²) in [4.78, 5) is 27.3. The molecule has 1 fully saturated rings. The van der Waals surface area contributed by atoms with Gasteiger partial charge in [0.15, 0.2) is 0 Å². The second-order valence-electron chi connectivity index (χ2n) is 3.62. The number of hydrazine groups is 1. The Morgan fingerprint density at radius 1 is 1.47 bits per heavy atom. The molecule has 1 aliphatic rings. The first-order valence-electron chi connectivity index (χ1n) is 4.62. The maximum absolute atomic E-state index is 11.9. The van der Waals surface area contributed by atoms with Gasteiger partial charge in [0, 0.05) is 26.5 Å². The lowest BCUT2D eigenvalue weighted by atomic mass is 10.2. The van der Waals surface area contributed by atoms with Gasteiger partial charge in [-0.1, -0.05) is 0 Å². The number of imidazole rings is 1. The Balaban J connectivity index is 2.26. The van der Waals surface area contributed by atoms with E-state index in [1.807, 2.05) is 0 Å². The summed E-state index contributed by atoms with van der Waals surface area (Å²) in [6.07, 6.45) is 5.04. The molecular weight excluding hydrogens is 196 g/mol. The van der Waals surface area contributed by atoms with E-state index in [2.05, 4.69) is 4.98 Å². The van der Waals surface area contributed by atoms with Crippen LogP contribution in [0.3, 0.4) is 0 Å². The monoisotopic (exact) mass is 208 g/mol. The highest BCUT2D eigenvalue weighted by molar-refractivity contribution is 6.03. The molecule has 1 aromatic rings. The van der Waals surface area contributed by atoms with Crippen LogP contribution in [0.5, 0.6) is 0 Å². The molecule has 1 atom stereocenters. The molecule has 0 bridgehead atoms. The van der Waals surface area contributed by atoms with Gasteiger partial charge >= 0.3 is 0 Å². The number of hydrogen-bond acceptors (Lipinski definition) is 4. The fourth-order valence-electron chi connectivity index (χ4n) is 1.71. The van der Waals surface area contributed by atoms with Crippen LogP contribution in [0.25, 0.3) is 0 Å². The fraction of sp³-hybridized carbons (Fsp3) is 0.444. The zero-order valence-electron chi connectivity index (χ0n) is 8.62. The van der Waals surface area contributed by atoms with Crippen LogP contribution in [0, 0.1) is 0 Å². The zero-order valence-corrected chi connectivity index (χ0v) is 8.62. The van der Waals surface area contributed by atoms with E-state index in [0.29, 0.717) is 0 Å². The van der Waals surface area contributed by atoms with E-state index in [9.17, 15) is 9.59 Å². The molecule has 1 unspecified atom stereocenters. The molecule has 6 heteroatoms. The van der Waals surface area contributed by atoms with Gasteiger partial charge in [-0.2, -0.15) is 0 Å². The SMILES string of the molecule is CN(C)N1C(=O)CC(n2ccnc2)C1=O. The van der Waals surface area contributed by atoms with Crippen LogP contribution in [0.15, 0.2) is 18.7 Å². The molecule has 0 aromatic carbocycles. The number of nitrogens with zero attached hydrogens (tertiary/aromatic N) is 4. The summed E-state index contributed by atoms with van der Waals surface area (Å²) in [5.74, 6) is -0.383. The molecule has 6 nitrogen and oxygen atoms in total. The highest BCUT2D eigenvalue weighted by Gasteiger charge is 2.40. The Bertz CT molecular complexity index is 385. The molecular formula is C9H12N4O2. The molecule has 1 aliphatic heterocycles. The summed E-state index contributed by atoms with van der Waals surface area (Å²) in [5.41, 5.74) is 0. The van der Waals surface area contributed by atoms with Crippen LogP contribution in [0.1, 0.15) is 12.5 Å². The van der Waals surface area contributed by atoms with Crippen molar-refractivity contribution in [2.45, 2.75) is 12.5 Å². The Kier molecular flexibility index (Phi) is 2.28. The minimum atomic E-state index is -0.442. The van der Waals surface area contributed by atoms with Crippen molar-refractivity contribution in [2.24, 2.45) is 0 Å². The summed E-state index contributed by atoms with van der Waals surface area (Å²) in [7, 11) is 3.35. The molecule has 15 heavy (non-hydrogen) atoms. The predicted octanol–water partition coefficient (Wildman–Crippen LogP) is -0.340. The van der Waals surface area contributed by atoms with E-state index in [-0.39, 0.29) is 18.2 Å². The molecule has 1 aromatic heterocycles.